The van der Waals surface area contributed by atoms with E-state index in [1.807, 2.05) is 24.3 Å². The van der Waals surface area contributed by atoms with Crippen molar-refractivity contribution < 1.29 is 9.53 Å². The lowest BCUT2D eigenvalue weighted by molar-refractivity contribution is -0.126. The summed E-state index contributed by atoms with van der Waals surface area (Å²) in [5, 5.41) is 0. The van der Waals surface area contributed by atoms with Gasteiger partial charge in [0.2, 0.25) is 0 Å². The number of Topliss-reactive ketones (excluding diaryl/α,β-unsaturated/α-hetero) is 1. The van der Waals surface area contributed by atoms with E-state index in [-0.39, 0.29) is 17.6 Å². The first kappa shape index (κ1) is 19.0. The Bertz CT molecular complexity index is 1120. The van der Waals surface area contributed by atoms with Crippen molar-refractivity contribution in [1.82, 2.24) is 0 Å². The molecule has 2 fully saturated rings. The number of benzene rings is 3. The van der Waals surface area contributed by atoms with Gasteiger partial charge in [-0.15, -0.1) is 0 Å². The highest BCUT2D eigenvalue weighted by Crippen LogP contribution is 2.71. The second-order valence-electron chi connectivity index (χ2n) is 8.64. The minimum absolute atomic E-state index is 0.113. The van der Waals surface area contributed by atoms with Gasteiger partial charge in [0.05, 0.1) is 5.92 Å². The Morgan fingerprint density at radius 2 is 1.19 bits per heavy atom. The third-order valence-corrected chi connectivity index (χ3v) is 7.15. The summed E-state index contributed by atoms with van der Waals surface area (Å²) >= 11 is 0. The normalized spacial score (nSPS) is 31.6. The van der Waals surface area contributed by atoms with Gasteiger partial charge in [-0.2, -0.15) is 0 Å². The number of ketones is 1. The molecule has 2 nitrogen and oxygen atoms in total. The Balaban J connectivity index is 1.71. The van der Waals surface area contributed by atoms with Crippen LogP contribution in [0.2, 0.25) is 0 Å². The van der Waals surface area contributed by atoms with Gasteiger partial charge in [0.15, 0.2) is 0 Å². The number of fused-ring (bicyclic) bond motifs is 5. The highest BCUT2D eigenvalue weighted by Gasteiger charge is 2.73. The molecule has 2 heteroatoms. The molecule has 0 spiro atoms. The molecule has 31 heavy (non-hydrogen) atoms. The van der Waals surface area contributed by atoms with Gasteiger partial charge in [-0.1, -0.05) is 84.9 Å². The van der Waals surface area contributed by atoms with Crippen molar-refractivity contribution in [2.45, 2.75) is 18.1 Å². The maximum atomic E-state index is 13.4. The molecule has 1 aliphatic carbocycles. The van der Waals surface area contributed by atoms with Crippen LogP contribution in [-0.2, 0) is 20.7 Å². The molecular formula is C29H23O2. The number of hydrogen-bond donors (Lipinski definition) is 0. The maximum absolute atomic E-state index is 13.4. The predicted octanol–water partition coefficient (Wildman–Crippen LogP) is 5.44. The molecule has 3 aromatic rings. The van der Waals surface area contributed by atoms with Crippen LogP contribution < -0.4 is 0 Å². The van der Waals surface area contributed by atoms with Crippen molar-refractivity contribution in [3.8, 4) is 0 Å². The largest absolute Gasteiger partial charge is 0.348 e. The van der Waals surface area contributed by atoms with E-state index in [9.17, 15) is 4.79 Å². The Labute approximate surface area is 184 Å². The second kappa shape index (κ2) is 6.90. The number of ether oxygens (including phenoxy) is 1. The Morgan fingerprint density at radius 1 is 0.710 bits per heavy atom. The average Bonchev–Trinajstić information content (AvgIpc) is 3.52. The highest BCUT2D eigenvalue weighted by molar-refractivity contribution is 5.85. The van der Waals surface area contributed by atoms with Crippen molar-refractivity contribution in [2.24, 2.45) is 11.8 Å². The van der Waals surface area contributed by atoms with E-state index in [4.69, 9.17) is 4.74 Å². The molecule has 1 saturated carbocycles. The monoisotopic (exact) mass is 403 g/mol. The maximum Gasteiger partial charge on any atom is 0.136 e. The summed E-state index contributed by atoms with van der Waals surface area (Å²) in [5.74, 6) is 0.864. The Kier molecular flexibility index (Phi) is 4.23. The lowest BCUT2D eigenvalue weighted by Crippen LogP contribution is -2.46. The lowest BCUT2D eigenvalue weighted by Gasteiger charge is -2.42. The summed E-state index contributed by atoms with van der Waals surface area (Å²) < 4.78 is 7.28. The minimum atomic E-state index is -0.818. The molecule has 2 heterocycles. The molecule has 1 saturated heterocycles. The van der Waals surface area contributed by atoms with Gasteiger partial charge in [0, 0.05) is 5.92 Å². The summed E-state index contributed by atoms with van der Waals surface area (Å²) in [7, 11) is 0. The fourth-order valence-electron chi connectivity index (χ4n) is 6.13. The molecule has 2 aliphatic heterocycles. The first-order chi connectivity index (χ1) is 15.2. The third-order valence-electron chi connectivity index (χ3n) is 7.15. The van der Waals surface area contributed by atoms with E-state index < -0.39 is 11.2 Å². The molecule has 3 aliphatic rings. The van der Waals surface area contributed by atoms with E-state index >= 15 is 0 Å². The number of rotatable bonds is 4. The van der Waals surface area contributed by atoms with Crippen molar-refractivity contribution in [3.05, 3.63) is 139 Å². The first-order valence-corrected chi connectivity index (χ1v) is 10.8. The summed E-state index contributed by atoms with van der Waals surface area (Å²) in [4.78, 5) is 13.4. The van der Waals surface area contributed by atoms with Crippen LogP contribution in [0.3, 0.4) is 0 Å². The van der Waals surface area contributed by atoms with Crippen LogP contribution in [0, 0.1) is 43.4 Å². The van der Waals surface area contributed by atoms with Crippen molar-refractivity contribution in [2.75, 3.05) is 0 Å². The van der Waals surface area contributed by atoms with E-state index in [1.165, 1.54) is 0 Å². The van der Waals surface area contributed by atoms with Crippen LogP contribution >= 0.6 is 0 Å². The first-order valence-electron chi connectivity index (χ1n) is 10.8. The molecule has 6 rings (SSSR count). The molecule has 4 atom stereocenters. The number of hydrogen-bond acceptors (Lipinski definition) is 2. The topological polar surface area (TPSA) is 26.3 Å². The average molecular weight is 404 g/mol. The van der Waals surface area contributed by atoms with Gasteiger partial charge in [-0.05, 0) is 60.8 Å². The molecule has 2 bridgehead atoms. The standard InChI is InChI=1S/C29H23O2/c1-20(30)26-27(21-12-8-9-13-21)29(23-16-6-3-7-17-23)25-19-11-10-18-24(25)28(26,31-29)22-14-4-2-5-15-22/h2-19,26-27H,1H3/t26-,27-,28+,29-/m1/s1. The predicted molar refractivity (Wildman–Crippen MR) is 120 cm³/mol. The molecule has 151 valence electrons. The van der Waals surface area contributed by atoms with Gasteiger partial charge in [0.1, 0.15) is 17.0 Å². The van der Waals surface area contributed by atoms with Crippen molar-refractivity contribution >= 4 is 5.78 Å². The molecule has 0 aromatic heterocycles. The Hall–Kier alpha value is -2.71. The molecular weight excluding hydrogens is 380 g/mol. The molecule has 0 unspecified atom stereocenters. The van der Waals surface area contributed by atoms with Crippen LogP contribution in [0.15, 0.2) is 84.9 Å². The van der Waals surface area contributed by atoms with Gasteiger partial charge in [0.25, 0.3) is 0 Å². The fourth-order valence-corrected chi connectivity index (χ4v) is 6.13. The van der Waals surface area contributed by atoms with E-state index in [0.717, 1.165) is 28.2 Å². The second-order valence-corrected chi connectivity index (χ2v) is 8.64. The SMILES string of the molecule is CC(=O)[C@@H]1[C@@H]([C]2[CH][CH][CH][CH]2)[C@]2(c3ccccc3)O[C@@]1(c1ccccc1)c1ccccc12. The van der Waals surface area contributed by atoms with Crippen molar-refractivity contribution in [1.29, 1.82) is 0 Å². The van der Waals surface area contributed by atoms with Crippen LogP contribution in [0.25, 0.3) is 0 Å². The van der Waals surface area contributed by atoms with E-state index in [2.05, 4.69) is 86.3 Å². The summed E-state index contributed by atoms with van der Waals surface area (Å²) in [6.45, 7) is 1.72. The fraction of sp³-hybridized carbons (Fsp3) is 0.172. The lowest BCUT2D eigenvalue weighted by atomic mass is 9.56. The zero-order chi connectivity index (χ0) is 21.1. The van der Waals surface area contributed by atoms with Crippen molar-refractivity contribution in [3.63, 3.8) is 0 Å². The number of carbonyl (C=O) groups is 1. The minimum Gasteiger partial charge on any atom is -0.348 e. The summed E-state index contributed by atoms with van der Waals surface area (Å²) in [6, 6.07) is 29.1. The zero-order valence-corrected chi connectivity index (χ0v) is 17.4. The smallest absolute Gasteiger partial charge is 0.136 e. The summed E-state index contributed by atoms with van der Waals surface area (Å²) in [5.41, 5.74) is 2.85. The zero-order valence-electron chi connectivity index (χ0n) is 17.4. The van der Waals surface area contributed by atoms with Gasteiger partial charge >= 0.3 is 0 Å². The van der Waals surface area contributed by atoms with E-state index in [0.29, 0.717) is 0 Å². The highest BCUT2D eigenvalue weighted by atomic mass is 16.5. The Morgan fingerprint density at radius 3 is 1.74 bits per heavy atom. The molecule has 5 radical (unpaired) electrons. The van der Waals surface area contributed by atoms with E-state index in [1.54, 1.807) is 6.92 Å². The quantitative estimate of drug-likeness (QED) is 0.579. The van der Waals surface area contributed by atoms with Crippen LogP contribution in [0.4, 0.5) is 0 Å². The summed E-state index contributed by atoms with van der Waals surface area (Å²) in [6.07, 6.45) is 8.38. The van der Waals surface area contributed by atoms with Crippen LogP contribution in [0.5, 0.6) is 0 Å². The molecule has 0 N–H and O–H groups in total. The third kappa shape index (κ3) is 2.40. The molecule has 0 amide bonds. The van der Waals surface area contributed by atoms with Gasteiger partial charge < -0.3 is 4.74 Å². The van der Waals surface area contributed by atoms with Gasteiger partial charge in [-0.25, -0.2) is 0 Å². The van der Waals surface area contributed by atoms with Crippen LogP contribution in [0.1, 0.15) is 29.2 Å². The van der Waals surface area contributed by atoms with Crippen LogP contribution in [-0.4, -0.2) is 5.78 Å². The van der Waals surface area contributed by atoms with Gasteiger partial charge in [-0.3, -0.25) is 4.79 Å². The number of carbonyl (C=O) groups excluding carboxylic acids is 1. The molecule has 3 aromatic carbocycles.